The van der Waals surface area contributed by atoms with Crippen LogP contribution in [0.1, 0.15) is 30.1 Å². The summed E-state index contributed by atoms with van der Waals surface area (Å²) < 4.78 is 0. The van der Waals surface area contributed by atoms with Crippen molar-refractivity contribution in [3.05, 3.63) is 89.5 Å². The number of nitrogens with zero attached hydrogens (tertiary/aromatic N) is 4. The summed E-state index contributed by atoms with van der Waals surface area (Å²) in [7, 11) is 0. The molecule has 1 fully saturated rings. The fraction of sp³-hybridized carbons (Fsp3) is 0.222. The van der Waals surface area contributed by atoms with Crippen LogP contribution in [-0.4, -0.2) is 50.0 Å². The molecule has 0 radical (unpaired) electrons. The lowest BCUT2D eigenvalue weighted by Crippen LogP contribution is -2.43. The highest BCUT2D eigenvalue weighted by Crippen LogP contribution is 2.30. The average Bonchev–Trinajstić information content (AvgIpc) is 2.92. The van der Waals surface area contributed by atoms with E-state index in [1.165, 1.54) is 11.1 Å². The van der Waals surface area contributed by atoms with E-state index in [0.717, 1.165) is 27.7 Å². The van der Waals surface area contributed by atoms with Gasteiger partial charge in [0.05, 0.1) is 17.3 Å². The van der Waals surface area contributed by atoms with Crippen LogP contribution >= 0.6 is 11.6 Å². The van der Waals surface area contributed by atoms with Gasteiger partial charge in [-0.3, -0.25) is 9.78 Å². The largest absolute Gasteiger partial charge is 0.465 e. The molecule has 9 heteroatoms. The molecule has 2 amide bonds. The van der Waals surface area contributed by atoms with Gasteiger partial charge < -0.3 is 15.3 Å². The molecule has 1 unspecified atom stereocenters. The molecule has 36 heavy (non-hydrogen) atoms. The third-order valence-electron chi connectivity index (χ3n) is 6.49. The second-order valence-corrected chi connectivity index (χ2v) is 9.09. The van der Waals surface area contributed by atoms with E-state index in [2.05, 4.69) is 15.3 Å². The van der Waals surface area contributed by atoms with Gasteiger partial charge in [0.25, 0.3) is 0 Å². The third kappa shape index (κ3) is 4.99. The Balaban J connectivity index is 1.47. The predicted molar refractivity (Wildman–Crippen MR) is 137 cm³/mol. The highest BCUT2D eigenvalue weighted by molar-refractivity contribution is 6.30. The second kappa shape index (κ2) is 10.3. The maximum Gasteiger partial charge on any atom is 0.407 e. The lowest BCUT2D eigenvalue weighted by atomic mass is 9.94. The van der Waals surface area contributed by atoms with E-state index < -0.39 is 12.1 Å². The van der Waals surface area contributed by atoms with E-state index in [-0.39, 0.29) is 17.0 Å². The molecule has 0 aliphatic carbocycles. The minimum atomic E-state index is -0.961. The molecule has 0 bridgehead atoms. The Bertz CT molecular complexity index is 1410. The number of amides is 2. The molecule has 182 valence electrons. The predicted octanol–water partition coefficient (Wildman–Crippen LogP) is 4.94. The van der Waals surface area contributed by atoms with Gasteiger partial charge in [-0.25, -0.2) is 14.8 Å². The highest BCUT2D eigenvalue weighted by Gasteiger charge is 2.30. The summed E-state index contributed by atoms with van der Waals surface area (Å²) in [6.07, 6.45) is 2.99. The Kier molecular flexibility index (Phi) is 6.77. The number of carbonyl (C=O) groups excluding carboxylic acids is 1. The van der Waals surface area contributed by atoms with Crippen molar-refractivity contribution in [3.63, 3.8) is 0 Å². The summed E-state index contributed by atoms with van der Waals surface area (Å²) in [5, 5.41) is 13.5. The minimum absolute atomic E-state index is 0.169. The molecule has 5 rings (SSSR count). The number of rotatable bonds is 5. The van der Waals surface area contributed by atoms with Crippen molar-refractivity contribution in [2.45, 2.75) is 18.9 Å². The number of nitrogens with one attached hydrogen (secondary N) is 1. The summed E-state index contributed by atoms with van der Waals surface area (Å²) in [5.74, 6) is -0.473. The van der Waals surface area contributed by atoms with Gasteiger partial charge in [-0.05, 0) is 30.5 Å². The second-order valence-electron chi connectivity index (χ2n) is 8.73. The van der Waals surface area contributed by atoms with Gasteiger partial charge in [0.1, 0.15) is 5.69 Å². The number of carboxylic acid groups (broad SMARTS) is 1. The van der Waals surface area contributed by atoms with Crippen LogP contribution in [0.25, 0.3) is 22.2 Å². The Morgan fingerprint density at radius 1 is 1.00 bits per heavy atom. The fourth-order valence-electron chi connectivity index (χ4n) is 4.51. The van der Waals surface area contributed by atoms with Gasteiger partial charge in [0, 0.05) is 42.4 Å². The molecule has 2 N–H and O–H groups in total. The van der Waals surface area contributed by atoms with Crippen LogP contribution in [0.5, 0.6) is 0 Å². The number of halogens is 1. The first-order valence-corrected chi connectivity index (χ1v) is 12.1. The maximum absolute atomic E-state index is 13.3. The van der Waals surface area contributed by atoms with Crippen LogP contribution in [0, 0.1) is 5.92 Å². The van der Waals surface area contributed by atoms with Gasteiger partial charge in [-0.1, -0.05) is 60.1 Å². The quantitative estimate of drug-likeness (QED) is 0.401. The van der Waals surface area contributed by atoms with Crippen LogP contribution < -0.4 is 5.32 Å². The van der Waals surface area contributed by atoms with Gasteiger partial charge in [-0.2, -0.15) is 0 Å². The molecule has 2 aromatic carbocycles. The van der Waals surface area contributed by atoms with E-state index in [1.807, 2.05) is 60.7 Å². The SMILES string of the molecule is O=C(NC(c1ccc2ccc(-c3ccccc3)nc2c1)c1nccnc1Cl)C1CCN(C(=O)O)CC1. The van der Waals surface area contributed by atoms with Crippen LogP contribution in [0.4, 0.5) is 4.79 Å². The number of piperidine rings is 1. The Hall–Kier alpha value is -4.04. The van der Waals surface area contributed by atoms with Crippen LogP contribution in [0.3, 0.4) is 0 Å². The zero-order valence-electron chi connectivity index (χ0n) is 19.3. The summed E-state index contributed by atoms with van der Waals surface area (Å²) in [4.78, 5) is 39.3. The van der Waals surface area contributed by atoms with Crippen LogP contribution in [0.15, 0.2) is 73.1 Å². The number of carbonyl (C=O) groups is 2. The molecule has 1 atom stereocenters. The van der Waals surface area contributed by atoms with E-state index in [1.54, 1.807) is 6.20 Å². The summed E-state index contributed by atoms with van der Waals surface area (Å²) in [6.45, 7) is 0.651. The summed E-state index contributed by atoms with van der Waals surface area (Å²) in [6, 6.07) is 19.1. The number of likely N-dealkylation sites (tertiary alicyclic amines) is 1. The molecule has 0 spiro atoms. The number of hydrogen-bond donors (Lipinski definition) is 2. The first-order chi connectivity index (χ1) is 17.5. The zero-order chi connectivity index (χ0) is 25.1. The Morgan fingerprint density at radius 3 is 2.44 bits per heavy atom. The number of aromatic nitrogens is 3. The molecule has 1 aliphatic heterocycles. The van der Waals surface area contributed by atoms with Crippen molar-refractivity contribution >= 4 is 34.5 Å². The summed E-state index contributed by atoms with van der Waals surface area (Å²) >= 11 is 6.40. The topological polar surface area (TPSA) is 108 Å². The number of benzene rings is 2. The Labute approximate surface area is 213 Å². The van der Waals surface area contributed by atoms with E-state index in [0.29, 0.717) is 31.6 Å². The molecule has 1 saturated heterocycles. The monoisotopic (exact) mass is 501 g/mol. The van der Waals surface area contributed by atoms with Crippen molar-refractivity contribution in [2.75, 3.05) is 13.1 Å². The standard InChI is InChI=1S/C27H24ClN5O3/c28-25-24(29-12-13-30-25)23(32-26(34)19-10-14-33(15-11-19)27(35)36)20-7-6-18-8-9-21(31-22(18)16-20)17-4-2-1-3-5-17/h1-9,12-13,16,19,23H,10-11,14-15H2,(H,32,34)(H,35,36). The molecule has 0 saturated carbocycles. The smallest absolute Gasteiger partial charge is 0.407 e. The van der Waals surface area contributed by atoms with Crippen molar-refractivity contribution in [1.82, 2.24) is 25.2 Å². The number of hydrogen-bond acceptors (Lipinski definition) is 5. The van der Waals surface area contributed by atoms with Gasteiger partial charge in [0.15, 0.2) is 5.15 Å². The summed E-state index contributed by atoms with van der Waals surface area (Å²) in [5.41, 5.74) is 3.86. The molecular weight excluding hydrogens is 478 g/mol. The van der Waals surface area contributed by atoms with Crippen molar-refractivity contribution in [1.29, 1.82) is 0 Å². The van der Waals surface area contributed by atoms with Crippen LogP contribution in [0.2, 0.25) is 5.15 Å². The van der Waals surface area contributed by atoms with E-state index >= 15 is 0 Å². The van der Waals surface area contributed by atoms with E-state index in [4.69, 9.17) is 16.6 Å². The molecule has 1 aliphatic rings. The number of fused-ring (bicyclic) bond motifs is 1. The Morgan fingerprint density at radius 2 is 1.72 bits per heavy atom. The maximum atomic E-state index is 13.3. The van der Waals surface area contributed by atoms with Crippen molar-refractivity contribution in [3.8, 4) is 11.3 Å². The average molecular weight is 502 g/mol. The van der Waals surface area contributed by atoms with Gasteiger partial charge in [-0.15, -0.1) is 0 Å². The van der Waals surface area contributed by atoms with Crippen molar-refractivity contribution in [2.24, 2.45) is 5.92 Å². The van der Waals surface area contributed by atoms with Crippen LogP contribution in [-0.2, 0) is 4.79 Å². The molecular formula is C27H24ClN5O3. The molecule has 3 heterocycles. The molecule has 4 aromatic rings. The number of pyridine rings is 1. The van der Waals surface area contributed by atoms with E-state index in [9.17, 15) is 14.7 Å². The lowest BCUT2D eigenvalue weighted by Gasteiger charge is -2.30. The normalized spacial score (nSPS) is 15.0. The zero-order valence-corrected chi connectivity index (χ0v) is 20.1. The lowest BCUT2D eigenvalue weighted by molar-refractivity contribution is -0.126. The minimum Gasteiger partial charge on any atom is -0.465 e. The van der Waals surface area contributed by atoms with Gasteiger partial charge in [0.2, 0.25) is 5.91 Å². The third-order valence-corrected chi connectivity index (χ3v) is 6.79. The fourth-order valence-corrected chi connectivity index (χ4v) is 4.73. The molecule has 8 nitrogen and oxygen atoms in total. The first kappa shape index (κ1) is 23.7. The molecule has 2 aromatic heterocycles. The van der Waals surface area contributed by atoms with Crippen molar-refractivity contribution < 1.29 is 14.7 Å². The first-order valence-electron chi connectivity index (χ1n) is 11.7. The highest BCUT2D eigenvalue weighted by atomic mass is 35.5. The van der Waals surface area contributed by atoms with Gasteiger partial charge >= 0.3 is 6.09 Å².